The highest BCUT2D eigenvalue weighted by molar-refractivity contribution is 5.95. The maximum atomic E-state index is 13.2. The van der Waals surface area contributed by atoms with E-state index in [1.165, 1.54) is 0 Å². The smallest absolute Gasteiger partial charge is 0.257 e. The lowest BCUT2D eigenvalue weighted by atomic mass is 10.1. The number of aryl methyl sites for hydroxylation is 1. The third-order valence-electron chi connectivity index (χ3n) is 4.72. The Kier molecular flexibility index (Phi) is 6.04. The van der Waals surface area contributed by atoms with Gasteiger partial charge in [0.2, 0.25) is 0 Å². The van der Waals surface area contributed by atoms with Gasteiger partial charge in [-0.3, -0.25) is 4.79 Å². The van der Waals surface area contributed by atoms with E-state index in [9.17, 15) is 4.79 Å². The van der Waals surface area contributed by atoms with Gasteiger partial charge in [0.15, 0.2) is 0 Å². The van der Waals surface area contributed by atoms with Gasteiger partial charge >= 0.3 is 0 Å². The minimum atomic E-state index is -0.00960. The van der Waals surface area contributed by atoms with Crippen LogP contribution < -0.4 is 5.73 Å². The first kappa shape index (κ1) is 18.9. The average molecular weight is 362 g/mol. The molecule has 1 amide bonds. The number of hydrogen-bond donors (Lipinski definition) is 1. The van der Waals surface area contributed by atoms with E-state index in [1.54, 1.807) is 6.20 Å². The second kappa shape index (κ2) is 8.64. The van der Waals surface area contributed by atoms with Crippen molar-refractivity contribution >= 4 is 5.91 Å². The molecule has 0 fully saturated rings. The van der Waals surface area contributed by atoms with Crippen LogP contribution in [0.1, 0.15) is 33.6 Å². The fraction of sp³-hybridized carbons (Fsp3) is 0.273. The van der Waals surface area contributed by atoms with E-state index >= 15 is 0 Å². The molecular formula is C22H26N4O. The van der Waals surface area contributed by atoms with Crippen molar-refractivity contribution in [3.8, 4) is 5.69 Å². The van der Waals surface area contributed by atoms with Crippen LogP contribution >= 0.6 is 0 Å². The van der Waals surface area contributed by atoms with Crippen LogP contribution in [0.2, 0.25) is 0 Å². The zero-order chi connectivity index (χ0) is 19.2. The van der Waals surface area contributed by atoms with Gasteiger partial charge in [-0.15, -0.1) is 0 Å². The summed E-state index contributed by atoms with van der Waals surface area (Å²) in [5.41, 5.74) is 10.4. The van der Waals surface area contributed by atoms with Gasteiger partial charge in [0.05, 0.1) is 23.1 Å². The van der Waals surface area contributed by atoms with Crippen molar-refractivity contribution in [2.45, 2.75) is 26.8 Å². The molecule has 0 aliphatic rings. The second-order valence-electron chi connectivity index (χ2n) is 6.70. The maximum absolute atomic E-state index is 13.2. The summed E-state index contributed by atoms with van der Waals surface area (Å²) in [7, 11) is 0. The molecular weight excluding hydrogens is 336 g/mol. The van der Waals surface area contributed by atoms with E-state index in [2.05, 4.69) is 5.10 Å². The predicted octanol–water partition coefficient (Wildman–Crippen LogP) is 3.48. The lowest BCUT2D eigenvalue weighted by Crippen LogP contribution is -2.32. The van der Waals surface area contributed by atoms with Crippen molar-refractivity contribution < 1.29 is 4.79 Å². The van der Waals surface area contributed by atoms with Crippen LogP contribution in [0.5, 0.6) is 0 Å². The molecule has 0 atom stereocenters. The molecule has 0 radical (unpaired) electrons. The molecule has 0 spiro atoms. The molecule has 140 valence electrons. The number of para-hydroxylation sites is 1. The van der Waals surface area contributed by atoms with Gasteiger partial charge in [0.1, 0.15) is 0 Å². The Morgan fingerprint density at radius 2 is 1.78 bits per heavy atom. The highest BCUT2D eigenvalue weighted by Crippen LogP contribution is 2.19. The maximum Gasteiger partial charge on any atom is 0.257 e. The van der Waals surface area contributed by atoms with Gasteiger partial charge in [-0.05, 0) is 44.0 Å². The molecule has 5 heteroatoms. The van der Waals surface area contributed by atoms with E-state index in [0.29, 0.717) is 25.2 Å². The lowest BCUT2D eigenvalue weighted by molar-refractivity contribution is 0.0741. The Balaban J connectivity index is 1.89. The number of aromatic nitrogens is 2. The van der Waals surface area contributed by atoms with E-state index in [0.717, 1.165) is 28.9 Å². The van der Waals surface area contributed by atoms with Crippen LogP contribution in [-0.4, -0.2) is 33.7 Å². The number of carbonyl (C=O) groups excluding carboxylic acids is 1. The summed E-state index contributed by atoms with van der Waals surface area (Å²) in [5, 5.41) is 4.48. The molecule has 27 heavy (non-hydrogen) atoms. The summed E-state index contributed by atoms with van der Waals surface area (Å²) in [6.07, 6.45) is 2.44. The Bertz CT molecular complexity index is 902. The van der Waals surface area contributed by atoms with Crippen LogP contribution in [0.15, 0.2) is 60.8 Å². The Morgan fingerprint density at radius 3 is 2.48 bits per heavy atom. The van der Waals surface area contributed by atoms with E-state index in [4.69, 9.17) is 5.73 Å². The van der Waals surface area contributed by atoms with Crippen molar-refractivity contribution in [3.05, 3.63) is 83.2 Å². The molecule has 0 unspecified atom stereocenters. The highest BCUT2D eigenvalue weighted by atomic mass is 16.2. The fourth-order valence-electron chi connectivity index (χ4n) is 3.17. The van der Waals surface area contributed by atoms with Gasteiger partial charge in [-0.2, -0.15) is 5.10 Å². The predicted molar refractivity (Wildman–Crippen MR) is 108 cm³/mol. The molecule has 2 N–H and O–H groups in total. The van der Waals surface area contributed by atoms with Crippen LogP contribution in [0.3, 0.4) is 0 Å². The SMILES string of the molecule is Cc1ccccc1-n1ncc(C(=O)N(CCCN)Cc2ccccc2)c1C. The summed E-state index contributed by atoms with van der Waals surface area (Å²) in [5.74, 6) is -0.00960. The largest absolute Gasteiger partial charge is 0.334 e. The second-order valence-corrected chi connectivity index (χ2v) is 6.70. The minimum absolute atomic E-state index is 0.00960. The number of rotatable bonds is 7. The lowest BCUT2D eigenvalue weighted by Gasteiger charge is -2.22. The van der Waals surface area contributed by atoms with Gasteiger partial charge in [0, 0.05) is 13.1 Å². The molecule has 2 aromatic carbocycles. The van der Waals surface area contributed by atoms with Gasteiger partial charge in [-0.1, -0.05) is 48.5 Å². The Labute approximate surface area is 160 Å². The molecule has 1 aromatic heterocycles. The van der Waals surface area contributed by atoms with Crippen LogP contribution in [0, 0.1) is 13.8 Å². The number of amides is 1. The first-order valence-electron chi connectivity index (χ1n) is 9.25. The van der Waals surface area contributed by atoms with Crippen molar-refractivity contribution in [1.82, 2.24) is 14.7 Å². The first-order valence-corrected chi connectivity index (χ1v) is 9.25. The molecule has 0 aliphatic heterocycles. The van der Waals surface area contributed by atoms with Crippen molar-refractivity contribution in [2.24, 2.45) is 5.73 Å². The third kappa shape index (κ3) is 4.26. The van der Waals surface area contributed by atoms with Crippen LogP contribution in [0.25, 0.3) is 5.69 Å². The monoisotopic (exact) mass is 362 g/mol. The van der Waals surface area contributed by atoms with Crippen molar-refractivity contribution in [3.63, 3.8) is 0 Å². The number of hydrogen-bond acceptors (Lipinski definition) is 3. The topological polar surface area (TPSA) is 64.2 Å². The first-order chi connectivity index (χ1) is 13.1. The molecule has 0 aliphatic carbocycles. The Hall–Kier alpha value is -2.92. The third-order valence-corrected chi connectivity index (χ3v) is 4.72. The summed E-state index contributed by atoms with van der Waals surface area (Å²) < 4.78 is 1.84. The zero-order valence-corrected chi connectivity index (χ0v) is 15.9. The molecule has 0 bridgehead atoms. The van der Waals surface area contributed by atoms with Crippen molar-refractivity contribution in [2.75, 3.05) is 13.1 Å². The fourth-order valence-corrected chi connectivity index (χ4v) is 3.17. The molecule has 0 saturated heterocycles. The normalized spacial score (nSPS) is 10.8. The number of benzene rings is 2. The number of nitrogens with zero attached hydrogens (tertiary/aromatic N) is 3. The van der Waals surface area contributed by atoms with E-state index in [-0.39, 0.29) is 5.91 Å². The summed E-state index contributed by atoms with van der Waals surface area (Å²) >= 11 is 0. The highest BCUT2D eigenvalue weighted by Gasteiger charge is 2.21. The van der Waals surface area contributed by atoms with E-state index < -0.39 is 0 Å². The van der Waals surface area contributed by atoms with Crippen LogP contribution in [-0.2, 0) is 6.54 Å². The van der Waals surface area contributed by atoms with Crippen molar-refractivity contribution in [1.29, 1.82) is 0 Å². The van der Waals surface area contributed by atoms with Gasteiger partial charge in [-0.25, -0.2) is 4.68 Å². The van der Waals surface area contributed by atoms with Gasteiger partial charge < -0.3 is 10.6 Å². The van der Waals surface area contributed by atoms with E-state index in [1.807, 2.05) is 78.0 Å². The molecule has 3 rings (SSSR count). The average Bonchev–Trinajstić information content (AvgIpc) is 3.07. The van der Waals surface area contributed by atoms with Gasteiger partial charge in [0.25, 0.3) is 5.91 Å². The number of nitrogens with two attached hydrogens (primary N) is 1. The molecule has 0 saturated carbocycles. The summed E-state index contributed by atoms with van der Waals surface area (Å²) in [4.78, 5) is 15.1. The molecule has 1 heterocycles. The minimum Gasteiger partial charge on any atom is -0.334 e. The quantitative estimate of drug-likeness (QED) is 0.700. The zero-order valence-electron chi connectivity index (χ0n) is 15.9. The molecule has 3 aromatic rings. The summed E-state index contributed by atoms with van der Waals surface area (Å²) in [6, 6.07) is 18.1. The molecule has 5 nitrogen and oxygen atoms in total. The Morgan fingerprint density at radius 1 is 1.07 bits per heavy atom. The van der Waals surface area contributed by atoms with Crippen LogP contribution in [0.4, 0.5) is 0 Å². The number of carbonyl (C=O) groups is 1. The standard InChI is InChI=1S/C22H26N4O/c1-17-9-6-7-12-21(17)26-18(2)20(15-24-26)22(27)25(14-8-13-23)16-19-10-4-3-5-11-19/h3-7,9-12,15H,8,13-14,16,23H2,1-2H3. The summed E-state index contributed by atoms with van der Waals surface area (Å²) in [6.45, 7) is 5.73.